The normalized spacial score (nSPS) is 15.5. The van der Waals surface area contributed by atoms with E-state index in [1.165, 1.54) is 29.7 Å². The monoisotopic (exact) mass is 438 g/mol. The first-order valence-corrected chi connectivity index (χ1v) is 11.8. The highest BCUT2D eigenvalue weighted by Gasteiger charge is 2.20. The van der Waals surface area contributed by atoms with Crippen LogP contribution in [-0.2, 0) is 6.54 Å². The number of piperidine rings is 1. The highest BCUT2D eigenvalue weighted by molar-refractivity contribution is 7.13. The van der Waals surface area contributed by atoms with Gasteiger partial charge in [0.1, 0.15) is 5.82 Å². The minimum Gasteiger partial charge on any atom is -0.297 e. The number of nitrogens with zero attached hydrogens (tertiary/aromatic N) is 5. The molecule has 1 amide bonds. The molecule has 3 aromatic rings. The number of aryl methyl sites for hydroxylation is 1. The third-order valence-corrected chi connectivity index (χ3v) is 6.60. The minimum atomic E-state index is -0.337. The van der Waals surface area contributed by atoms with Crippen molar-refractivity contribution >= 4 is 22.4 Å². The Bertz CT molecular complexity index is 1050. The standard InChI is InChI=1S/C23H30N6OS/c1-15(2)19-7-5-6-8-20(19)29-17(4)24-21(27-29)22(30)26-23-25-18(14-31-23)13-28-11-9-16(3)10-12-28/h5-8,14-16H,9-13H2,1-4H3,(H,25,26,30). The molecule has 8 heteroatoms. The fourth-order valence-electron chi connectivity index (χ4n) is 3.92. The summed E-state index contributed by atoms with van der Waals surface area (Å²) in [6.07, 6.45) is 2.47. The number of thiazole rings is 1. The fourth-order valence-corrected chi connectivity index (χ4v) is 4.62. The number of nitrogens with one attached hydrogen (secondary N) is 1. The van der Waals surface area contributed by atoms with Crippen LogP contribution in [0.2, 0.25) is 0 Å². The van der Waals surface area contributed by atoms with Crippen LogP contribution in [0.5, 0.6) is 0 Å². The summed E-state index contributed by atoms with van der Waals surface area (Å²) in [7, 11) is 0. The van der Waals surface area contributed by atoms with Crippen molar-refractivity contribution < 1.29 is 4.79 Å². The van der Waals surface area contributed by atoms with Crippen LogP contribution < -0.4 is 5.32 Å². The third kappa shape index (κ3) is 5.02. The second kappa shape index (κ2) is 9.28. The zero-order valence-electron chi connectivity index (χ0n) is 18.6. The van der Waals surface area contributed by atoms with Crippen LogP contribution in [0, 0.1) is 12.8 Å². The number of rotatable bonds is 6. The first-order valence-electron chi connectivity index (χ1n) is 10.9. The summed E-state index contributed by atoms with van der Waals surface area (Å²) in [5, 5.41) is 9.96. The molecule has 0 saturated carbocycles. The Morgan fingerprint density at radius 3 is 2.71 bits per heavy atom. The van der Waals surface area contributed by atoms with Gasteiger partial charge < -0.3 is 0 Å². The molecule has 31 heavy (non-hydrogen) atoms. The summed E-state index contributed by atoms with van der Waals surface area (Å²) in [6.45, 7) is 11.5. The fraction of sp³-hybridized carbons (Fsp3) is 0.478. The van der Waals surface area contributed by atoms with Crippen molar-refractivity contribution in [3.8, 4) is 5.69 Å². The number of aromatic nitrogens is 4. The topological polar surface area (TPSA) is 75.9 Å². The summed E-state index contributed by atoms with van der Waals surface area (Å²) in [5.41, 5.74) is 3.11. The molecular weight excluding hydrogens is 408 g/mol. The molecule has 7 nitrogen and oxygen atoms in total. The molecule has 0 aliphatic carbocycles. The highest BCUT2D eigenvalue weighted by atomic mass is 32.1. The van der Waals surface area contributed by atoms with Crippen molar-refractivity contribution in [1.29, 1.82) is 0 Å². The van der Waals surface area contributed by atoms with E-state index in [0.29, 0.717) is 16.9 Å². The maximum atomic E-state index is 12.8. The van der Waals surface area contributed by atoms with Crippen molar-refractivity contribution in [1.82, 2.24) is 24.6 Å². The lowest BCUT2D eigenvalue weighted by Crippen LogP contribution is -2.32. The molecule has 0 bridgehead atoms. The lowest BCUT2D eigenvalue weighted by molar-refractivity contribution is 0.101. The molecule has 0 unspecified atom stereocenters. The number of hydrogen-bond donors (Lipinski definition) is 1. The van der Waals surface area contributed by atoms with Gasteiger partial charge in [-0.3, -0.25) is 15.0 Å². The van der Waals surface area contributed by atoms with Crippen molar-refractivity contribution in [2.75, 3.05) is 18.4 Å². The van der Waals surface area contributed by atoms with Gasteiger partial charge in [0.15, 0.2) is 5.13 Å². The Labute approximate surface area is 187 Å². The number of carbonyl (C=O) groups excluding carboxylic acids is 1. The van der Waals surface area contributed by atoms with Gasteiger partial charge in [0.05, 0.1) is 11.4 Å². The number of para-hydroxylation sites is 1. The van der Waals surface area contributed by atoms with E-state index in [1.54, 1.807) is 4.68 Å². The molecule has 1 aliphatic rings. The lowest BCUT2D eigenvalue weighted by Gasteiger charge is -2.29. The maximum Gasteiger partial charge on any atom is 0.297 e. The number of hydrogen-bond acceptors (Lipinski definition) is 6. The summed E-state index contributed by atoms with van der Waals surface area (Å²) in [6, 6.07) is 8.08. The quantitative estimate of drug-likeness (QED) is 0.607. The molecule has 164 valence electrons. The molecule has 1 aliphatic heterocycles. The van der Waals surface area contributed by atoms with Crippen LogP contribution in [0.4, 0.5) is 5.13 Å². The van der Waals surface area contributed by atoms with Gasteiger partial charge >= 0.3 is 0 Å². The molecule has 0 spiro atoms. The largest absolute Gasteiger partial charge is 0.297 e. The summed E-state index contributed by atoms with van der Waals surface area (Å²) >= 11 is 1.44. The van der Waals surface area contributed by atoms with E-state index < -0.39 is 0 Å². The van der Waals surface area contributed by atoms with E-state index in [1.807, 2.05) is 30.5 Å². The van der Waals surface area contributed by atoms with Gasteiger partial charge in [0, 0.05) is 11.9 Å². The Hall–Kier alpha value is -2.58. The molecule has 3 heterocycles. The predicted molar refractivity (Wildman–Crippen MR) is 124 cm³/mol. The second-order valence-corrected chi connectivity index (χ2v) is 9.52. The van der Waals surface area contributed by atoms with Gasteiger partial charge in [-0.1, -0.05) is 39.0 Å². The smallest absolute Gasteiger partial charge is 0.297 e. The summed E-state index contributed by atoms with van der Waals surface area (Å²) in [4.78, 5) is 24.2. The number of benzene rings is 1. The van der Waals surface area contributed by atoms with Gasteiger partial charge in [0.2, 0.25) is 5.82 Å². The Kier molecular flexibility index (Phi) is 6.48. The van der Waals surface area contributed by atoms with Crippen LogP contribution in [0.3, 0.4) is 0 Å². The van der Waals surface area contributed by atoms with Crippen LogP contribution in [0.25, 0.3) is 5.69 Å². The average molecular weight is 439 g/mol. The zero-order chi connectivity index (χ0) is 22.0. The molecule has 2 aromatic heterocycles. The number of anilines is 1. The van der Waals surface area contributed by atoms with Crippen molar-refractivity contribution in [3.63, 3.8) is 0 Å². The first-order chi connectivity index (χ1) is 14.9. The molecule has 4 rings (SSSR count). The Balaban J connectivity index is 1.44. The van der Waals surface area contributed by atoms with Gasteiger partial charge in [-0.05, 0) is 56.3 Å². The predicted octanol–water partition coefficient (Wildman–Crippen LogP) is 4.64. The van der Waals surface area contributed by atoms with Crippen LogP contribution in [0.15, 0.2) is 29.6 Å². The van der Waals surface area contributed by atoms with Crippen LogP contribution >= 0.6 is 11.3 Å². The Morgan fingerprint density at radius 2 is 1.97 bits per heavy atom. The average Bonchev–Trinajstić information content (AvgIpc) is 3.36. The van der Waals surface area contributed by atoms with E-state index in [0.717, 1.165) is 36.9 Å². The molecule has 1 fully saturated rings. The highest BCUT2D eigenvalue weighted by Crippen LogP contribution is 2.24. The molecular formula is C23H30N6OS. The van der Waals surface area contributed by atoms with E-state index >= 15 is 0 Å². The zero-order valence-corrected chi connectivity index (χ0v) is 19.4. The Morgan fingerprint density at radius 1 is 1.23 bits per heavy atom. The summed E-state index contributed by atoms with van der Waals surface area (Å²) in [5.74, 6) is 1.64. The van der Waals surface area contributed by atoms with E-state index in [2.05, 4.69) is 52.1 Å². The van der Waals surface area contributed by atoms with Gasteiger partial charge in [-0.25, -0.2) is 14.6 Å². The third-order valence-electron chi connectivity index (χ3n) is 5.79. The molecule has 1 N–H and O–H groups in total. The molecule has 1 saturated heterocycles. The maximum absolute atomic E-state index is 12.8. The van der Waals surface area contributed by atoms with Crippen molar-refractivity contribution in [2.24, 2.45) is 5.92 Å². The van der Waals surface area contributed by atoms with E-state index in [-0.39, 0.29) is 11.7 Å². The van der Waals surface area contributed by atoms with Gasteiger partial charge in [-0.15, -0.1) is 16.4 Å². The van der Waals surface area contributed by atoms with Gasteiger partial charge in [-0.2, -0.15) is 0 Å². The first kappa shape index (κ1) is 21.6. The van der Waals surface area contributed by atoms with Gasteiger partial charge in [0.25, 0.3) is 5.91 Å². The molecule has 1 aromatic carbocycles. The van der Waals surface area contributed by atoms with Crippen molar-refractivity contribution in [3.05, 3.63) is 52.6 Å². The van der Waals surface area contributed by atoms with E-state index in [4.69, 9.17) is 0 Å². The van der Waals surface area contributed by atoms with Crippen LogP contribution in [0.1, 0.15) is 67.2 Å². The molecule has 0 atom stereocenters. The van der Waals surface area contributed by atoms with E-state index in [9.17, 15) is 4.79 Å². The number of likely N-dealkylation sites (tertiary alicyclic amines) is 1. The lowest BCUT2D eigenvalue weighted by atomic mass is 9.99. The van der Waals surface area contributed by atoms with Crippen molar-refractivity contribution in [2.45, 2.75) is 53.0 Å². The SMILES string of the molecule is Cc1nc(C(=O)Nc2nc(CN3CCC(C)CC3)cs2)nn1-c1ccccc1C(C)C. The number of carbonyl (C=O) groups is 1. The number of amides is 1. The van der Waals surface area contributed by atoms with Crippen LogP contribution in [-0.4, -0.2) is 43.6 Å². The second-order valence-electron chi connectivity index (χ2n) is 8.66. The molecule has 0 radical (unpaired) electrons. The minimum absolute atomic E-state index is 0.151. The summed E-state index contributed by atoms with van der Waals surface area (Å²) < 4.78 is 1.74.